The molecule has 7 aliphatic rings. The van der Waals surface area contributed by atoms with Crippen LogP contribution in [0.5, 0.6) is 0 Å². The summed E-state index contributed by atoms with van der Waals surface area (Å²) in [6.07, 6.45) is 14.7. The number of ether oxygens (including phenoxy) is 1. The summed E-state index contributed by atoms with van der Waals surface area (Å²) < 4.78 is 42.3. The molecule has 11 heteroatoms. The van der Waals surface area contributed by atoms with Crippen LogP contribution in [0.15, 0.2) is 77.1 Å². The molecule has 2 aromatic carbocycles. The molecule has 6 unspecified atom stereocenters. The zero-order valence-electron chi connectivity index (χ0n) is 36.1. The average Bonchev–Trinajstić information content (AvgIpc) is 3.67. The number of aliphatic carboxylic acids is 1. The normalized spacial score (nSPS) is 28.0. The smallest absolute Gasteiger partial charge is 0.303 e. The van der Waals surface area contributed by atoms with E-state index in [0.29, 0.717) is 18.3 Å². The van der Waals surface area contributed by atoms with Crippen LogP contribution in [0.2, 0.25) is 0 Å². The molecule has 2 aromatic rings. The van der Waals surface area contributed by atoms with Crippen LogP contribution in [-0.4, -0.2) is 77.3 Å². The van der Waals surface area contributed by atoms with Gasteiger partial charge in [0.05, 0.1) is 24.0 Å². The van der Waals surface area contributed by atoms with E-state index in [4.69, 9.17) is 4.74 Å². The number of anilines is 1. The van der Waals surface area contributed by atoms with Crippen LogP contribution >= 0.6 is 0 Å². The van der Waals surface area contributed by atoms with Crippen LogP contribution in [-0.2, 0) is 47.1 Å². The second kappa shape index (κ2) is 14.4. The fraction of sp³-hybridized carbons (Fsp3) is 0.531. The second-order valence-electron chi connectivity index (χ2n) is 19.8. The quantitative estimate of drug-likeness (QED) is 0.118. The molecule has 9 rings (SSSR count). The zero-order chi connectivity index (χ0) is 42.7. The maximum absolute atomic E-state index is 13.1. The molecule has 0 saturated heterocycles. The van der Waals surface area contributed by atoms with Crippen molar-refractivity contribution >= 4 is 39.1 Å². The summed E-state index contributed by atoms with van der Waals surface area (Å²) in [5, 5.41) is 10.9. The molecule has 0 bridgehead atoms. The summed E-state index contributed by atoms with van der Waals surface area (Å²) >= 11 is 0. The number of carboxylic acid groups (broad SMARTS) is 1. The minimum atomic E-state index is -4.26. The van der Waals surface area contributed by atoms with E-state index in [2.05, 4.69) is 105 Å². The number of carbonyl (C=O) groups excluding carboxylic acids is 1. The van der Waals surface area contributed by atoms with Gasteiger partial charge in [0.15, 0.2) is 12.3 Å². The summed E-state index contributed by atoms with van der Waals surface area (Å²) in [6.45, 7) is 17.0. The molecule has 5 aliphatic heterocycles. The Balaban J connectivity index is 1.11. The lowest BCUT2D eigenvalue weighted by Crippen LogP contribution is -2.47. The van der Waals surface area contributed by atoms with Crippen LogP contribution in [0.3, 0.4) is 0 Å². The summed E-state index contributed by atoms with van der Waals surface area (Å²) in [5.41, 5.74) is 14.5. The Kier molecular flexibility index (Phi) is 9.84. The Morgan fingerprint density at radius 1 is 1.02 bits per heavy atom. The Bertz CT molecular complexity index is 2490. The minimum Gasteiger partial charge on any atom is -0.481 e. The predicted octanol–water partition coefficient (Wildman–Crippen LogP) is 8.07. The fourth-order valence-electron chi connectivity index (χ4n) is 11.9. The highest BCUT2D eigenvalue weighted by molar-refractivity contribution is 7.86. The lowest BCUT2D eigenvalue weighted by atomic mass is 9.71. The number of unbranched alkanes of at least 4 members (excludes halogenated alkanes) is 2. The SMILES string of the molecule is CC1=CC2C(C=C1)c1cc3c(cc1C2(C)C)[N+]1=C(C2=CC4=C5N(CCC4OC2CC1)c1ccc(CC(=O)NCC(C)S(=O)(=O)O)cc1C5(C)CCCCCC(=O)O)C3(C)C. The van der Waals surface area contributed by atoms with Gasteiger partial charge < -0.3 is 20.1 Å². The van der Waals surface area contributed by atoms with E-state index in [9.17, 15) is 27.7 Å². The van der Waals surface area contributed by atoms with Crippen LogP contribution in [0.1, 0.15) is 127 Å². The summed E-state index contributed by atoms with van der Waals surface area (Å²) in [6, 6.07) is 11.3. The zero-order valence-corrected chi connectivity index (χ0v) is 36.9. The van der Waals surface area contributed by atoms with Crippen molar-refractivity contribution < 1.29 is 37.0 Å². The third-order valence-electron chi connectivity index (χ3n) is 15.2. The van der Waals surface area contributed by atoms with E-state index in [-0.39, 0.29) is 48.3 Å². The standard InChI is InChI=1S/C49H59N3O7S/c1-28-12-14-31-32-25-37-40(26-36(32)47(3,4)35(31)21-28)52-20-17-41-33(45(52)48(37,5)6)24-34-42(59-41)16-19-51-39-15-13-30(23-43(53)50-27-29(2)60(56,57)58)22-38(39)49(7,46(34)51)18-10-8-9-11-44(54)55/h12-15,21-22,24-26,29,31,35,41-42H,8-11,16-20,23,27H2,1-7H3,(H2-,50,53,54,55,56,57,58)/p+1. The van der Waals surface area contributed by atoms with Crippen LogP contribution < -0.4 is 10.2 Å². The number of carboxylic acids is 1. The molecule has 1 amide bonds. The lowest BCUT2D eigenvalue weighted by molar-refractivity contribution is -0.445. The van der Waals surface area contributed by atoms with Gasteiger partial charge in [0.1, 0.15) is 5.25 Å². The van der Waals surface area contributed by atoms with Crippen molar-refractivity contribution in [2.75, 3.05) is 24.5 Å². The maximum atomic E-state index is 13.1. The average molecular weight is 835 g/mol. The molecular formula is C49H60N3O7S+. The first kappa shape index (κ1) is 41.1. The van der Waals surface area contributed by atoms with E-state index in [1.165, 1.54) is 57.4 Å². The molecule has 318 valence electrons. The molecule has 2 aliphatic carbocycles. The number of rotatable bonds is 11. The maximum Gasteiger partial charge on any atom is 0.303 e. The molecule has 10 nitrogen and oxygen atoms in total. The van der Waals surface area contributed by atoms with Gasteiger partial charge in [-0.1, -0.05) is 62.6 Å². The van der Waals surface area contributed by atoms with Crippen molar-refractivity contribution in [2.24, 2.45) is 5.92 Å². The summed E-state index contributed by atoms with van der Waals surface area (Å²) in [5.74, 6) is -0.268. The molecule has 3 N–H and O–H groups in total. The monoisotopic (exact) mass is 834 g/mol. The van der Waals surface area contributed by atoms with Gasteiger partial charge in [-0.15, -0.1) is 0 Å². The number of benzene rings is 2. The number of carbonyl (C=O) groups is 2. The molecule has 0 spiro atoms. The number of nitrogens with zero attached hydrogens (tertiary/aromatic N) is 2. The van der Waals surface area contributed by atoms with E-state index < -0.39 is 26.8 Å². The van der Waals surface area contributed by atoms with E-state index >= 15 is 0 Å². The molecule has 6 atom stereocenters. The number of fused-ring (bicyclic) bond motifs is 11. The molecule has 0 radical (unpaired) electrons. The Hall–Kier alpha value is -4.32. The molecule has 0 fully saturated rings. The molecule has 0 aromatic heterocycles. The van der Waals surface area contributed by atoms with Crippen LogP contribution in [0, 0.1) is 5.92 Å². The first-order valence-electron chi connectivity index (χ1n) is 22.0. The Labute approximate surface area is 354 Å². The predicted molar refractivity (Wildman–Crippen MR) is 234 cm³/mol. The number of amides is 1. The summed E-state index contributed by atoms with van der Waals surface area (Å²) in [4.78, 5) is 26.9. The highest BCUT2D eigenvalue weighted by atomic mass is 32.2. The van der Waals surface area contributed by atoms with Crippen LogP contribution in [0.4, 0.5) is 11.4 Å². The van der Waals surface area contributed by atoms with E-state index in [0.717, 1.165) is 62.0 Å². The van der Waals surface area contributed by atoms with Gasteiger partial charge >= 0.3 is 5.97 Å². The van der Waals surface area contributed by atoms with E-state index in [1.807, 2.05) is 6.07 Å². The number of nitrogens with one attached hydrogen (secondary N) is 1. The molecule has 0 saturated carbocycles. The Morgan fingerprint density at radius 3 is 2.55 bits per heavy atom. The van der Waals surface area contributed by atoms with Crippen molar-refractivity contribution in [1.29, 1.82) is 0 Å². The molecular weight excluding hydrogens is 775 g/mol. The molecule has 5 heterocycles. The van der Waals surface area contributed by atoms with Crippen molar-refractivity contribution in [3.05, 3.63) is 105 Å². The molecule has 60 heavy (non-hydrogen) atoms. The Morgan fingerprint density at radius 2 is 1.80 bits per heavy atom. The minimum absolute atomic E-state index is 0.00695. The van der Waals surface area contributed by atoms with Gasteiger partial charge in [0.2, 0.25) is 11.6 Å². The second-order valence-corrected chi connectivity index (χ2v) is 21.7. The van der Waals surface area contributed by atoms with Gasteiger partial charge in [-0.3, -0.25) is 14.1 Å². The van der Waals surface area contributed by atoms with Crippen molar-refractivity contribution in [3.63, 3.8) is 0 Å². The lowest BCUT2D eigenvalue weighted by Gasteiger charge is -2.43. The number of hydrogen-bond acceptors (Lipinski definition) is 6. The van der Waals surface area contributed by atoms with Gasteiger partial charge in [-0.2, -0.15) is 13.0 Å². The highest BCUT2D eigenvalue weighted by Gasteiger charge is 2.57. The third-order valence-corrected chi connectivity index (χ3v) is 16.3. The summed E-state index contributed by atoms with van der Waals surface area (Å²) in [7, 11) is -4.26. The van der Waals surface area contributed by atoms with Crippen LogP contribution in [0.25, 0.3) is 0 Å². The van der Waals surface area contributed by atoms with Gasteiger partial charge in [-0.05, 0) is 106 Å². The van der Waals surface area contributed by atoms with Gasteiger partial charge in [0.25, 0.3) is 10.1 Å². The third kappa shape index (κ3) is 6.48. The van der Waals surface area contributed by atoms with Gasteiger partial charge in [-0.25, -0.2) is 0 Å². The van der Waals surface area contributed by atoms with Crippen molar-refractivity contribution in [3.8, 4) is 0 Å². The number of allylic oxidation sites excluding steroid dienone is 5. The largest absolute Gasteiger partial charge is 0.481 e. The van der Waals surface area contributed by atoms with E-state index in [1.54, 1.807) is 0 Å². The first-order chi connectivity index (χ1) is 28.3. The highest BCUT2D eigenvalue weighted by Crippen LogP contribution is 2.59. The topological polar surface area (TPSA) is 136 Å². The first-order valence-corrected chi connectivity index (χ1v) is 23.5. The fourth-order valence-corrected chi connectivity index (χ4v) is 12.2. The van der Waals surface area contributed by atoms with Crippen molar-refractivity contribution in [1.82, 2.24) is 5.32 Å². The number of hydrogen-bond donors (Lipinski definition) is 3. The van der Waals surface area contributed by atoms with Crippen molar-refractivity contribution in [2.45, 2.75) is 139 Å². The van der Waals surface area contributed by atoms with Gasteiger partial charge in [0, 0.05) is 71.4 Å².